The summed E-state index contributed by atoms with van der Waals surface area (Å²) in [6.45, 7) is 0. The van der Waals surface area contributed by atoms with Gasteiger partial charge in [0.1, 0.15) is 0 Å². The Morgan fingerprint density at radius 1 is 0.685 bits per heavy atom. The Kier molecular flexibility index (Phi) is 14.4. The zero-order chi connectivity index (χ0) is 38.8. The summed E-state index contributed by atoms with van der Waals surface area (Å²) < 4.78 is 0. The second-order valence-electron chi connectivity index (χ2n) is 12.9. The largest absolute Gasteiger partial charge is 0.481 e. The molecular formula is C40H40Cl2N4O6S2. The fourth-order valence-corrected chi connectivity index (χ4v) is 8.54. The molecule has 0 spiro atoms. The Morgan fingerprint density at radius 2 is 1.15 bits per heavy atom. The van der Waals surface area contributed by atoms with Crippen LogP contribution in [0.2, 0.25) is 10.0 Å². The van der Waals surface area contributed by atoms with Crippen molar-refractivity contribution in [3.63, 3.8) is 0 Å². The SMILES string of the molecule is CN(C(=O)[C@@H](CC(=O)O)C1CCCCC1)c1nc(-c2ccccc2Cl)cs1.CN(C(=O)[C@@H](CC(=O)O)c1ccccc1)c1nc(-c2ccccc2Cl)cs1. The van der Waals surface area contributed by atoms with Crippen LogP contribution >= 0.6 is 45.9 Å². The summed E-state index contributed by atoms with van der Waals surface area (Å²) in [6.07, 6.45) is 4.71. The molecule has 1 fully saturated rings. The normalized spacial score (nSPS) is 13.9. The van der Waals surface area contributed by atoms with Crippen molar-refractivity contribution in [2.45, 2.75) is 50.9 Å². The number of carboxylic acid groups (broad SMARTS) is 2. The highest BCUT2D eigenvalue weighted by Gasteiger charge is 2.34. The number of aromatic nitrogens is 2. The molecule has 5 aromatic rings. The Balaban J connectivity index is 0.000000208. The van der Waals surface area contributed by atoms with Crippen molar-refractivity contribution < 1.29 is 29.4 Å². The second-order valence-corrected chi connectivity index (χ2v) is 15.4. The van der Waals surface area contributed by atoms with Gasteiger partial charge >= 0.3 is 11.9 Å². The van der Waals surface area contributed by atoms with Crippen molar-refractivity contribution in [1.29, 1.82) is 0 Å². The number of halogens is 2. The Morgan fingerprint density at radius 3 is 1.63 bits per heavy atom. The van der Waals surface area contributed by atoms with Crippen molar-refractivity contribution in [3.05, 3.63) is 105 Å². The maximum atomic E-state index is 13.1. The van der Waals surface area contributed by atoms with Crippen molar-refractivity contribution in [2.75, 3.05) is 23.9 Å². The van der Waals surface area contributed by atoms with Crippen molar-refractivity contribution >= 4 is 79.9 Å². The van der Waals surface area contributed by atoms with E-state index >= 15 is 0 Å². The van der Waals surface area contributed by atoms with Crippen LogP contribution in [0.1, 0.15) is 56.4 Å². The van der Waals surface area contributed by atoms with Crippen molar-refractivity contribution in [2.24, 2.45) is 11.8 Å². The van der Waals surface area contributed by atoms with E-state index in [1.54, 1.807) is 50.5 Å². The summed E-state index contributed by atoms with van der Waals surface area (Å²) in [5, 5.41) is 24.5. The standard InChI is InChI=1S/C20H23ClN2O3S.C20H17ClN2O3S/c2*1-23(19(26)15(11-18(24)25)13-7-3-2-4-8-13)20-22-17(12-27-20)14-9-5-6-10-16(14)21/h5-6,9-10,12-13,15H,2-4,7-8,11H2,1H3,(H,24,25);2-10,12,15H,11H2,1H3,(H,24,25)/t2*15-/m00/s1. The molecule has 0 saturated heterocycles. The van der Waals surface area contributed by atoms with Crippen LogP contribution in [0.5, 0.6) is 0 Å². The molecule has 0 aliphatic heterocycles. The summed E-state index contributed by atoms with van der Waals surface area (Å²) >= 11 is 15.1. The fourth-order valence-electron chi connectivity index (χ4n) is 6.48. The lowest BCUT2D eigenvalue weighted by atomic mass is 9.78. The van der Waals surface area contributed by atoms with Gasteiger partial charge < -0.3 is 10.2 Å². The molecule has 54 heavy (non-hydrogen) atoms. The zero-order valence-corrected chi connectivity index (χ0v) is 32.9. The highest BCUT2D eigenvalue weighted by Crippen LogP contribution is 2.37. The number of carboxylic acids is 2. The quantitative estimate of drug-likeness (QED) is 0.127. The molecule has 6 rings (SSSR count). The Hall–Kier alpha value is -4.62. The van der Waals surface area contributed by atoms with Gasteiger partial charge in [0.2, 0.25) is 11.8 Å². The minimum absolute atomic E-state index is 0.128. The monoisotopic (exact) mass is 806 g/mol. The number of rotatable bonds is 12. The molecule has 2 heterocycles. The molecule has 0 bridgehead atoms. The molecule has 282 valence electrons. The number of hydrogen-bond donors (Lipinski definition) is 2. The third-order valence-electron chi connectivity index (χ3n) is 9.33. The maximum Gasteiger partial charge on any atom is 0.304 e. The van der Waals surface area contributed by atoms with Gasteiger partial charge in [-0.2, -0.15) is 0 Å². The number of benzene rings is 3. The molecular weight excluding hydrogens is 768 g/mol. The van der Waals surface area contributed by atoms with Crippen molar-refractivity contribution in [1.82, 2.24) is 9.97 Å². The molecule has 2 N–H and O–H groups in total. The molecule has 2 aromatic heterocycles. The Bertz CT molecular complexity index is 2070. The van der Waals surface area contributed by atoms with Gasteiger partial charge in [-0.25, -0.2) is 9.97 Å². The van der Waals surface area contributed by atoms with E-state index in [1.807, 2.05) is 53.2 Å². The van der Waals surface area contributed by atoms with E-state index < -0.39 is 23.8 Å². The summed E-state index contributed by atoms with van der Waals surface area (Å²) in [7, 11) is 3.28. The number of likely N-dealkylation sites (N-methyl/N-ethyl adjacent to an activating group) is 1. The third kappa shape index (κ3) is 10.3. The van der Waals surface area contributed by atoms with Gasteiger partial charge in [0.15, 0.2) is 10.3 Å². The summed E-state index contributed by atoms with van der Waals surface area (Å²) in [5.41, 5.74) is 3.66. The van der Waals surface area contributed by atoms with Crippen LogP contribution < -0.4 is 9.80 Å². The van der Waals surface area contributed by atoms with Gasteiger partial charge in [-0.3, -0.25) is 29.0 Å². The second kappa shape index (κ2) is 19.1. The predicted octanol–water partition coefficient (Wildman–Crippen LogP) is 9.78. The molecule has 2 atom stereocenters. The van der Waals surface area contributed by atoms with Crippen LogP contribution in [0.4, 0.5) is 10.3 Å². The molecule has 14 heteroatoms. The number of carbonyl (C=O) groups excluding carboxylic acids is 2. The molecule has 10 nitrogen and oxygen atoms in total. The highest BCUT2D eigenvalue weighted by atomic mass is 35.5. The minimum Gasteiger partial charge on any atom is -0.481 e. The van der Waals surface area contributed by atoms with Crippen LogP contribution in [0.25, 0.3) is 22.5 Å². The maximum absolute atomic E-state index is 13.1. The molecule has 1 saturated carbocycles. The summed E-state index contributed by atoms with van der Waals surface area (Å²) in [5.74, 6) is -3.58. The zero-order valence-electron chi connectivity index (χ0n) is 29.7. The molecule has 3 aromatic carbocycles. The van der Waals surface area contributed by atoms with Gasteiger partial charge in [0, 0.05) is 46.0 Å². The first-order valence-electron chi connectivity index (χ1n) is 17.4. The number of thiazole rings is 2. The van der Waals surface area contributed by atoms with E-state index in [1.165, 1.54) is 32.5 Å². The molecule has 2 amide bonds. The minimum atomic E-state index is -1.03. The molecule has 0 radical (unpaired) electrons. The summed E-state index contributed by atoms with van der Waals surface area (Å²) in [6, 6.07) is 23.7. The average Bonchev–Trinajstić information content (AvgIpc) is 3.87. The average molecular weight is 808 g/mol. The Labute approximate surface area is 332 Å². The molecule has 1 aliphatic carbocycles. The van der Waals surface area contributed by atoms with Gasteiger partial charge in [0.25, 0.3) is 0 Å². The smallest absolute Gasteiger partial charge is 0.304 e. The third-order valence-corrected chi connectivity index (χ3v) is 11.8. The van der Waals surface area contributed by atoms with Gasteiger partial charge in [0.05, 0.1) is 36.1 Å². The van der Waals surface area contributed by atoms with E-state index in [4.69, 9.17) is 23.2 Å². The van der Waals surface area contributed by atoms with Crippen LogP contribution in [0.15, 0.2) is 89.6 Å². The van der Waals surface area contributed by atoms with Gasteiger partial charge in [-0.1, -0.05) is 109 Å². The number of amides is 2. The highest BCUT2D eigenvalue weighted by molar-refractivity contribution is 7.14. The lowest BCUT2D eigenvalue weighted by molar-refractivity contribution is -0.141. The predicted molar refractivity (Wildman–Crippen MR) is 216 cm³/mol. The van der Waals surface area contributed by atoms with Crippen LogP contribution in [0.3, 0.4) is 0 Å². The lowest BCUT2D eigenvalue weighted by Crippen LogP contribution is -2.38. The molecule has 1 aliphatic rings. The number of aliphatic carboxylic acids is 2. The van der Waals surface area contributed by atoms with E-state index in [0.717, 1.165) is 43.2 Å². The van der Waals surface area contributed by atoms with Crippen molar-refractivity contribution in [3.8, 4) is 22.5 Å². The topological polar surface area (TPSA) is 141 Å². The number of anilines is 2. The van der Waals surface area contributed by atoms with Crippen LogP contribution in [0, 0.1) is 11.8 Å². The van der Waals surface area contributed by atoms with E-state index in [9.17, 15) is 29.4 Å². The number of hydrogen-bond acceptors (Lipinski definition) is 8. The molecule has 0 unspecified atom stereocenters. The first kappa shape index (κ1) is 40.6. The van der Waals surface area contributed by atoms with Gasteiger partial charge in [-0.05, 0) is 36.5 Å². The first-order chi connectivity index (χ1) is 25.9. The number of nitrogens with zero attached hydrogens (tertiary/aromatic N) is 4. The van der Waals surface area contributed by atoms with E-state index in [2.05, 4.69) is 9.97 Å². The number of carbonyl (C=O) groups is 4. The fraction of sp³-hybridized carbons (Fsp3) is 0.300. The van der Waals surface area contributed by atoms with E-state index in [-0.39, 0.29) is 30.6 Å². The van der Waals surface area contributed by atoms with E-state index in [0.29, 0.717) is 37.3 Å². The van der Waals surface area contributed by atoms with Crippen LogP contribution in [-0.4, -0.2) is 58.0 Å². The van der Waals surface area contributed by atoms with Gasteiger partial charge in [-0.15, -0.1) is 22.7 Å². The lowest BCUT2D eigenvalue weighted by Gasteiger charge is -2.30. The summed E-state index contributed by atoms with van der Waals surface area (Å²) in [4.78, 5) is 60.7. The first-order valence-corrected chi connectivity index (χ1v) is 19.9. The van der Waals surface area contributed by atoms with Crippen LogP contribution in [-0.2, 0) is 19.2 Å².